The number of hydrogen-bond donors (Lipinski definition) is 0. The number of ketones is 1. The number of carbonyl (C=O) groups is 1. The van der Waals surface area contributed by atoms with Gasteiger partial charge in [0.15, 0.2) is 5.78 Å². The van der Waals surface area contributed by atoms with Crippen LogP contribution in [0.15, 0.2) is 24.3 Å². The van der Waals surface area contributed by atoms with Crippen molar-refractivity contribution >= 4 is 17.4 Å². The van der Waals surface area contributed by atoms with Crippen molar-refractivity contribution in [1.29, 1.82) is 0 Å². The minimum Gasteiger partial charge on any atom is -0.299 e. The fourth-order valence-electron chi connectivity index (χ4n) is 1.58. The van der Waals surface area contributed by atoms with E-state index in [-0.39, 0.29) is 5.78 Å². The van der Waals surface area contributed by atoms with E-state index in [1.54, 1.807) is 12.1 Å². The molecule has 17 heavy (non-hydrogen) atoms. The Kier molecular flexibility index (Phi) is 5.66. The number of benzene rings is 1. The number of nitrogens with zero attached hydrogens (tertiary/aromatic N) is 1. The van der Waals surface area contributed by atoms with Crippen molar-refractivity contribution in [2.45, 2.75) is 20.3 Å². The van der Waals surface area contributed by atoms with Gasteiger partial charge < -0.3 is 0 Å². The first kappa shape index (κ1) is 14.2. The Labute approximate surface area is 109 Å². The molecule has 2 nitrogen and oxygen atoms in total. The van der Waals surface area contributed by atoms with Gasteiger partial charge in [0.2, 0.25) is 0 Å². The Morgan fingerprint density at radius 1 is 1.35 bits per heavy atom. The molecule has 0 fully saturated rings. The summed E-state index contributed by atoms with van der Waals surface area (Å²) in [4.78, 5) is 14.0. The molecule has 1 rings (SSSR count). The van der Waals surface area contributed by atoms with Gasteiger partial charge in [0, 0.05) is 5.56 Å². The van der Waals surface area contributed by atoms with Crippen LogP contribution in [0.5, 0.6) is 0 Å². The van der Waals surface area contributed by atoms with Gasteiger partial charge in [-0.3, -0.25) is 9.69 Å². The second-order valence-corrected chi connectivity index (χ2v) is 5.23. The summed E-state index contributed by atoms with van der Waals surface area (Å²) in [5.74, 6) is 0.745. The third-order valence-electron chi connectivity index (χ3n) is 2.68. The van der Waals surface area contributed by atoms with Gasteiger partial charge in [-0.2, -0.15) is 0 Å². The predicted octanol–water partition coefficient (Wildman–Crippen LogP) is 3.50. The zero-order valence-electron chi connectivity index (χ0n) is 10.7. The molecule has 3 heteroatoms. The van der Waals surface area contributed by atoms with Crippen molar-refractivity contribution in [1.82, 2.24) is 4.90 Å². The predicted molar refractivity (Wildman–Crippen MR) is 72.7 cm³/mol. The van der Waals surface area contributed by atoms with Gasteiger partial charge in [0.1, 0.15) is 0 Å². The van der Waals surface area contributed by atoms with Crippen molar-refractivity contribution in [2.24, 2.45) is 5.92 Å². The topological polar surface area (TPSA) is 20.3 Å². The van der Waals surface area contributed by atoms with Crippen LogP contribution in [-0.2, 0) is 0 Å². The zero-order valence-corrected chi connectivity index (χ0v) is 11.5. The van der Waals surface area contributed by atoms with Gasteiger partial charge >= 0.3 is 0 Å². The number of rotatable bonds is 6. The summed E-state index contributed by atoms with van der Waals surface area (Å²) in [6.45, 7) is 5.73. The van der Waals surface area contributed by atoms with Crippen molar-refractivity contribution in [3.8, 4) is 0 Å². The summed E-state index contributed by atoms with van der Waals surface area (Å²) in [6.07, 6.45) is 1.10. The number of halogens is 1. The van der Waals surface area contributed by atoms with Crippen LogP contribution in [0.1, 0.15) is 30.6 Å². The molecule has 0 aliphatic rings. The van der Waals surface area contributed by atoms with Gasteiger partial charge in [-0.15, -0.1) is 0 Å². The van der Waals surface area contributed by atoms with E-state index in [1.165, 1.54) is 0 Å². The van der Waals surface area contributed by atoms with Crippen LogP contribution in [0.2, 0.25) is 5.02 Å². The molecule has 0 spiro atoms. The summed E-state index contributed by atoms with van der Waals surface area (Å²) < 4.78 is 0. The van der Waals surface area contributed by atoms with E-state index in [9.17, 15) is 4.79 Å². The fraction of sp³-hybridized carbons (Fsp3) is 0.500. The highest BCUT2D eigenvalue weighted by Crippen LogP contribution is 2.15. The quantitative estimate of drug-likeness (QED) is 0.724. The lowest BCUT2D eigenvalue weighted by molar-refractivity contribution is 0.0944. The number of carbonyl (C=O) groups excluding carboxylic acids is 1. The Morgan fingerprint density at radius 2 is 2.00 bits per heavy atom. The second-order valence-electron chi connectivity index (χ2n) is 4.82. The first-order valence-corrected chi connectivity index (χ1v) is 6.34. The van der Waals surface area contributed by atoms with Crippen LogP contribution in [-0.4, -0.2) is 30.8 Å². The molecule has 0 atom stereocenters. The molecule has 94 valence electrons. The summed E-state index contributed by atoms with van der Waals surface area (Å²) in [6, 6.07) is 7.21. The zero-order chi connectivity index (χ0) is 12.8. The highest BCUT2D eigenvalue weighted by molar-refractivity contribution is 6.34. The lowest BCUT2D eigenvalue weighted by atomic mass is 10.1. The molecular weight excluding hydrogens is 234 g/mol. The minimum atomic E-state index is 0.0851. The van der Waals surface area contributed by atoms with Crippen LogP contribution in [0.4, 0.5) is 0 Å². The summed E-state index contributed by atoms with van der Waals surface area (Å²) in [5.41, 5.74) is 0.616. The molecule has 0 aliphatic heterocycles. The van der Waals surface area contributed by atoms with Gasteiger partial charge in [-0.1, -0.05) is 37.6 Å². The van der Waals surface area contributed by atoms with Crippen molar-refractivity contribution in [3.05, 3.63) is 34.9 Å². The normalized spacial score (nSPS) is 11.2. The molecule has 0 saturated carbocycles. The van der Waals surface area contributed by atoms with E-state index in [1.807, 2.05) is 24.1 Å². The Hall–Kier alpha value is -0.860. The van der Waals surface area contributed by atoms with Gasteiger partial charge in [-0.05, 0) is 38.1 Å². The lowest BCUT2D eigenvalue weighted by Crippen LogP contribution is -2.27. The molecule has 0 amide bonds. The number of likely N-dealkylation sites (N-methyl/N-ethyl adjacent to an activating group) is 1. The van der Waals surface area contributed by atoms with Crippen LogP contribution in [0.25, 0.3) is 0 Å². The van der Waals surface area contributed by atoms with E-state index in [4.69, 9.17) is 11.6 Å². The molecule has 0 heterocycles. The van der Waals surface area contributed by atoms with Crippen molar-refractivity contribution in [2.75, 3.05) is 20.1 Å². The number of Topliss-reactive ketones (excluding diaryl/α,β-unsaturated/α-hetero) is 1. The monoisotopic (exact) mass is 253 g/mol. The van der Waals surface area contributed by atoms with E-state index in [0.717, 1.165) is 13.0 Å². The maximum absolute atomic E-state index is 12.0. The Bertz CT molecular complexity index is 376. The van der Waals surface area contributed by atoms with Crippen LogP contribution in [0, 0.1) is 5.92 Å². The minimum absolute atomic E-state index is 0.0851. The Balaban J connectivity index is 2.52. The average Bonchev–Trinajstić information content (AvgIpc) is 2.26. The van der Waals surface area contributed by atoms with Gasteiger partial charge in [-0.25, -0.2) is 0 Å². The highest BCUT2D eigenvalue weighted by atomic mass is 35.5. The first-order valence-electron chi connectivity index (χ1n) is 5.97. The molecule has 0 saturated heterocycles. The van der Waals surface area contributed by atoms with Crippen LogP contribution >= 0.6 is 11.6 Å². The SMILES string of the molecule is CC(C)CCN(C)CC(=O)c1ccccc1Cl. The van der Waals surface area contributed by atoms with E-state index < -0.39 is 0 Å². The summed E-state index contributed by atoms with van der Waals surface area (Å²) >= 11 is 5.99. The van der Waals surface area contributed by atoms with E-state index in [2.05, 4.69) is 13.8 Å². The first-order chi connectivity index (χ1) is 8.00. The van der Waals surface area contributed by atoms with Crippen molar-refractivity contribution in [3.63, 3.8) is 0 Å². The van der Waals surface area contributed by atoms with E-state index >= 15 is 0 Å². The largest absolute Gasteiger partial charge is 0.299 e. The molecule has 0 radical (unpaired) electrons. The van der Waals surface area contributed by atoms with Crippen molar-refractivity contribution < 1.29 is 4.79 Å². The summed E-state index contributed by atoms with van der Waals surface area (Å²) in [5, 5.41) is 0.537. The molecule has 0 aliphatic carbocycles. The third-order valence-corrected chi connectivity index (χ3v) is 3.01. The summed E-state index contributed by atoms with van der Waals surface area (Å²) in [7, 11) is 1.97. The average molecular weight is 254 g/mol. The van der Waals surface area contributed by atoms with Gasteiger partial charge in [0.05, 0.1) is 11.6 Å². The molecule has 0 N–H and O–H groups in total. The standard InChI is InChI=1S/C14H20ClNO/c1-11(2)8-9-16(3)10-14(17)12-6-4-5-7-13(12)15/h4-7,11H,8-10H2,1-3H3. The highest BCUT2D eigenvalue weighted by Gasteiger charge is 2.12. The molecule has 1 aromatic carbocycles. The molecule has 0 aromatic heterocycles. The molecule has 1 aromatic rings. The maximum Gasteiger partial charge on any atom is 0.178 e. The Morgan fingerprint density at radius 3 is 2.59 bits per heavy atom. The van der Waals surface area contributed by atoms with E-state index in [0.29, 0.717) is 23.0 Å². The number of hydrogen-bond acceptors (Lipinski definition) is 2. The second kappa shape index (κ2) is 6.77. The van der Waals surface area contributed by atoms with Gasteiger partial charge in [0.25, 0.3) is 0 Å². The molecule has 0 unspecified atom stereocenters. The van der Waals surface area contributed by atoms with Crippen LogP contribution < -0.4 is 0 Å². The molecular formula is C14H20ClNO. The van der Waals surface area contributed by atoms with Crippen LogP contribution in [0.3, 0.4) is 0 Å². The maximum atomic E-state index is 12.0. The molecule has 0 bridgehead atoms. The smallest absolute Gasteiger partial charge is 0.178 e. The lowest BCUT2D eigenvalue weighted by Gasteiger charge is -2.17. The third kappa shape index (κ3) is 4.88. The fourth-order valence-corrected chi connectivity index (χ4v) is 1.82.